The number of hydrogen-bond acceptors (Lipinski definition) is 2. The summed E-state index contributed by atoms with van der Waals surface area (Å²) in [6, 6.07) is 1.75. The molecule has 0 N–H and O–H groups in total. The van der Waals surface area contributed by atoms with Crippen LogP contribution >= 0.6 is 23.4 Å². The van der Waals surface area contributed by atoms with E-state index in [1.54, 1.807) is 0 Å². The number of nitrogens with zero attached hydrogens (tertiary/aromatic N) is 2. The van der Waals surface area contributed by atoms with Crippen molar-refractivity contribution in [3.8, 4) is 0 Å². The first-order chi connectivity index (χ1) is 7.33. The second kappa shape index (κ2) is 4.89. The molecule has 0 fully saturated rings. The maximum Gasteiger partial charge on any atom is 0.421 e. The Morgan fingerprint density at radius 3 is 2.50 bits per heavy atom. The van der Waals surface area contributed by atoms with E-state index in [1.807, 2.05) is 0 Å². The van der Waals surface area contributed by atoms with Gasteiger partial charge in [-0.1, -0.05) is 11.6 Å². The van der Waals surface area contributed by atoms with Crippen LogP contribution in [-0.2, 0) is 0 Å². The van der Waals surface area contributed by atoms with E-state index >= 15 is 0 Å². The van der Waals surface area contributed by atoms with Crippen LogP contribution in [0.1, 0.15) is 0 Å². The molecule has 0 atom stereocenters. The number of rotatable bonds is 2. The molecule has 0 aliphatic rings. The molecule has 0 amide bonds. The van der Waals surface area contributed by atoms with Crippen LogP contribution in [0.3, 0.4) is 0 Å². The molecular weight excluding hydrogens is 268 g/mol. The summed E-state index contributed by atoms with van der Waals surface area (Å²) in [6.07, 6.45) is -4.35. The van der Waals surface area contributed by atoms with Gasteiger partial charge in [-0.3, -0.25) is 0 Å². The molecule has 0 saturated carbocycles. The van der Waals surface area contributed by atoms with Crippen molar-refractivity contribution in [1.82, 2.24) is 0 Å². The van der Waals surface area contributed by atoms with E-state index in [-0.39, 0.29) is 9.92 Å². The molecule has 2 nitrogen and oxygen atoms in total. The third kappa shape index (κ3) is 3.54. The fourth-order valence-corrected chi connectivity index (χ4v) is 1.89. The Bertz CT molecular complexity index is 441. The van der Waals surface area contributed by atoms with Gasteiger partial charge in [-0.05, 0) is 0 Å². The number of hydrogen-bond donors (Lipinski definition) is 0. The summed E-state index contributed by atoms with van der Waals surface area (Å²) in [7, 11) is 0. The molecule has 0 aliphatic heterocycles. The lowest BCUT2D eigenvalue weighted by molar-refractivity contribution is -0.105. The fraction of sp³-hybridized carbons (Fsp3) is 0.250. The SMILES string of the molecule is N#[N+]c1cc(SCC(F)(F)F)c(Cl)cc1F. The monoisotopic (exact) mass is 271 g/mol. The second-order valence-electron chi connectivity index (χ2n) is 2.74. The van der Waals surface area contributed by atoms with Crippen LogP contribution in [0.5, 0.6) is 0 Å². The van der Waals surface area contributed by atoms with Gasteiger partial charge in [0.05, 0.1) is 16.8 Å². The van der Waals surface area contributed by atoms with Crippen LogP contribution in [0, 0.1) is 11.2 Å². The van der Waals surface area contributed by atoms with E-state index < -0.39 is 23.4 Å². The van der Waals surface area contributed by atoms with Crippen LogP contribution in [0.25, 0.3) is 4.98 Å². The molecule has 0 spiro atoms. The number of diazo groups is 1. The molecule has 1 rings (SSSR count). The third-order valence-electron chi connectivity index (χ3n) is 1.50. The maximum atomic E-state index is 12.9. The molecule has 16 heavy (non-hydrogen) atoms. The van der Waals surface area contributed by atoms with E-state index in [2.05, 4.69) is 4.98 Å². The van der Waals surface area contributed by atoms with Crippen molar-refractivity contribution in [2.45, 2.75) is 11.1 Å². The van der Waals surface area contributed by atoms with Crippen LogP contribution in [0.4, 0.5) is 23.2 Å². The molecule has 1 aromatic rings. The van der Waals surface area contributed by atoms with E-state index in [4.69, 9.17) is 17.0 Å². The van der Waals surface area contributed by atoms with Crippen molar-refractivity contribution in [2.75, 3.05) is 5.75 Å². The maximum absolute atomic E-state index is 12.9. The van der Waals surface area contributed by atoms with Crippen LogP contribution < -0.4 is 0 Å². The summed E-state index contributed by atoms with van der Waals surface area (Å²) in [4.78, 5) is 2.60. The van der Waals surface area contributed by atoms with Crippen molar-refractivity contribution < 1.29 is 17.6 Å². The third-order valence-corrected chi connectivity index (χ3v) is 3.05. The quantitative estimate of drug-likeness (QED) is 0.446. The highest BCUT2D eigenvalue weighted by Crippen LogP contribution is 2.35. The van der Waals surface area contributed by atoms with Gasteiger partial charge >= 0.3 is 11.9 Å². The summed E-state index contributed by atoms with van der Waals surface area (Å²) in [5, 5.41) is 8.22. The summed E-state index contributed by atoms with van der Waals surface area (Å²) < 4.78 is 48.7. The number of thioether (sulfide) groups is 1. The zero-order valence-electron chi connectivity index (χ0n) is 7.55. The molecule has 0 aromatic heterocycles. The van der Waals surface area contributed by atoms with Gasteiger partial charge < -0.3 is 0 Å². The largest absolute Gasteiger partial charge is 0.421 e. The van der Waals surface area contributed by atoms with Gasteiger partial charge in [-0.2, -0.15) is 17.6 Å². The van der Waals surface area contributed by atoms with Crippen molar-refractivity contribution >= 4 is 29.1 Å². The summed E-state index contributed by atoms with van der Waals surface area (Å²) >= 11 is 5.93. The Morgan fingerprint density at radius 1 is 1.38 bits per heavy atom. The molecular formula is C8H4ClF4N2S+. The zero-order valence-corrected chi connectivity index (χ0v) is 9.13. The molecule has 0 aliphatic carbocycles. The molecule has 0 radical (unpaired) electrons. The molecule has 0 unspecified atom stereocenters. The molecule has 8 heteroatoms. The van der Waals surface area contributed by atoms with Crippen LogP contribution in [0.15, 0.2) is 17.0 Å². The summed E-state index contributed by atoms with van der Waals surface area (Å²) in [5.74, 6) is -2.05. The van der Waals surface area contributed by atoms with E-state index in [0.29, 0.717) is 11.8 Å². The second-order valence-corrected chi connectivity index (χ2v) is 4.16. The first kappa shape index (κ1) is 13.1. The molecule has 86 valence electrons. The van der Waals surface area contributed by atoms with Crippen molar-refractivity contribution in [1.29, 1.82) is 5.39 Å². The topological polar surface area (TPSA) is 28.1 Å². The van der Waals surface area contributed by atoms with E-state index in [1.165, 1.54) is 0 Å². The van der Waals surface area contributed by atoms with Crippen molar-refractivity contribution in [3.63, 3.8) is 0 Å². The lowest BCUT2D eigenvalue weighted by atomic mass is 10.3. The average Bonchev–Trinajstić information content (AvgIpc) is 2.15. The van der Waals surface area contributed by atoms with E-state index in [0.717, 1.165) is 12.1 Å². The smallest absolute Gasteiger partial charge is 0.198 e. The van der Waals surface area contributed by atoms with Gasteiger partial charge in [0.15, 0.2) is 4.98 Å². The van der Waals surface area contributed by atoms with Crippen molar-refractivity contribution in [3.05, 3.63) is 27.9 Å². The minimum atomic E-state index is -4.35. The van der Waals surface area contributed by atoms with Gasteiger partial charge in [-0.25, -0.2) is 0 Å². The van der Waals surface area contributed by atoms with Crippen molar-refractivity contribution in [2.24, 2.45) is 0 Å². The van der Waals surface area contributed by atoms with Gasteiger partial charge in [0.2, 0.25) is 11.2 Å². The van der Waals surface area contributed by atoms with Gasteiger partial charge in [0.1, 0.15) is 0 Å². The number of alkyl halides is 3. The highest BCUT2D eigenvalue weighted by molar-refractivity contribution is 7.99. The number of benzene rings is 1. The first-order valence-electron chi connectivity index (χ1n) is 3.87. The standard InChI is InChI=1S/C8H4ClF4N2S/c9-4-1-5(10)6(15-14)2-7(4)16-3-8(11,12)13/h1-2H,3H2/q+1. The normalized spacial score (nSPS) is 11.2. The first-order valence-corrected chi connectivity index (χ1v) is 5.23. The fourth-order valence-electron chi connectivity index (χ4n) is 0.865. The lowest BCUT2D eigenvalue weighted by Crippen LogP contribution is -2.10. The molecule has 0 heterocycles. The summed E-state index contributed by atoms with van der Waals surface area (Å²) in [6.45, 7) is 0. The van der Waals surface area contributed by atoms with Crippen LogP contribution in [0.2, 0.25) is 5.02 Å². The Kier molecular flexibility index (Phi) is 3.99. The average molecular weight is 272 g/mol. The van der Waals surface area contributed by atoms with Gasteiger partial charge in [0, 0.05) is 11.0 Å². The Morgan fingerprint density at radius 2 is 2.00 bits per heavy atom. The molecule has 0 bridgehead atoms. The number of halogens is 5. The summed E-state index contributed by atoms with van der Waals surface area (Å²) in [5.41, 5.74) is -0.450. The molecule has 0 saturated heterocycles. The predicted octanol–water partition coefficient (Wildman–Crippen LogP) is 4.62. The van der Waals surface area contributed by atoms with Gasteiger partial charge in [0.25, 0.3) is 0 Å². The predicted molar refractivity (Wildman–Crippen MR) is 52.9 cm³/mol. The lowest BCUT2D eigenvalue weighted by Gasteiger charge is -2.06. The minimum Gasteiger partial charge on any atom is -0.198 e. The van der Waals surface area contributed by atoms with Gasteiger partial charge in [-0.15, -0.1) is 11.8 Å². The highest BCUT2D eigenvalue weighted by atomic mass is 35.5. The Labute approximate surface area is 97.2 Å². The molecule has 1 aromatic carbocycles. The Hall–Kier alpha value is -1.00. The highest BCUT2D eigenvalue weighted by Gasteiger charge is 2.28. The van der Waals surface area contributed by atoms with Crippen LogP contribution in [-0.4, -0.2) is 11.9 Å². The van der Waals surface area contributed by atoms with E-state index in [9.17, 15) is 17.6 Å². The minimum absolute atomic E-state index is 0.00758. The zero-order chi connectivity index (χ0) is 12.3. The Balaban J connectivity index is 2.93.